The standard InChI is InChI=1S/C23H22N2O4/c1-2-15-28-20-12-5-17(6-13-20)7-14-22(26)24-18-8-10-19(11-9-18)25-23(27)21-4-3-16-29-21/h3-14,16H,2,15H2,1H3,(H,24,26)(H,25,27). The van der Waals surface area contributed by atoms with E-state index in [9.17, 15) is 9.59 Å². The summed E-state index contributed by atoms with van der Waals surface area (Å²) in [5.74, 6) is 0.467. The Balaban J connectivity index is 1.51. The largest absolute Gasteiger partial charge is 0.494 e. The van der Waals surface area contributed by atoms with E-state index in [-0.39, 0.29) is 17.6 Å². The van der Waals surface area contributed by atoms with E-state index in [0.717, 1.165) is 17.7 Å². The van der Waals surface area contributed by atoms with Crippen molar-refractivity contribution in [1.29, 1.82) is 0 Å². The van der Waals surface area contributed by atoms with Gasteiger partial charge in [0.1, 0.15) is 5.75 Å². The zero-order valence-corrected chi connectivity index (χ0v) is 16.1. The van der Waals surface area contributed by atoms with E-state index < -0.39 is 0 Å². The molecule has 2 amide bonds. The van der Waals surface area contributed by atoms with Gasteiger partial charge in [-0.3, -0.25) is 9.59 Å². The highest BCUT2D eigenvalue weighted by Crippen LogP contribution is 2.16. The Bertz CT molecular complexity index is 959. The lowest BCUT2D eigenvalue weighted by molar-refractivity contribution is -0.111. The number of benzene rings is 2. The van der Waals surface area contributed by atoms with E-state index in [1.807, 2.05) is 24.3 Å². The van der Waals surface area contributed by atoms with Crippen molar-refractivity contribution in [2.24, 2.45) is 0 Å². The van der Waals surface area contributed by atoms with Crippen LogP contribution < -0.4 is 15.4 Å². The van der Waals surface area contributed by atoms with Gasteiger partial charge in [0, 0.05) is 17.5 Å². The first kappa shape index (κ1) is 19.9. The Morgan fingerprint density at radius 3 is 2.28 bits per heavy atom. The van der Waals surface area contributed by atoms with Crippen molar-refractivity contribution in [1.82, 2.24) is 0 Å². The maximum absolute atomic E-state index is 12.1. The van der Waals surface area contributed by atoms with Gasteiger partial charge in [0.2, 0.25) is 5.91 Å². The lowest BCUT2D eigenvalue weighted by atomic mass is 10.2. The topological polar surface area (TPSA) is 80.6 Å². The first-order chi connectivity index (χ1) is 14.1. The summed E-state index contributed by atoms with van der Waals surface area (Å²) in [5, 5.41) is 5.50. The molecule has 0 saturated carbocycles. The van der Waals surface area contributed by atoms with Crippen LogP contribution in [0.15, 0.2) is 77.4 Å². The molecule has 0 radical (unpaired) electrons. The number of amides is 2. The SMILES string of the molecule is CCCOc1ccc(C=CC(=O)Nc2ccc(NC(=O)c3ccco3)cc2)cc1. The van der Waals surface area contributed by atoms with Gasteiger partial charge < -0.3 is 19.8 Å². The summed E-state index contributed by atoms with van der Waals surface area (Å²) in [6.45, 7) is 2.74. The van der Waals surface area contributed by atoms with Gasteiger partial charge in [0.15, 0.2) is 5.76 Å². The maximum Gasteiger partial charge on any atom is 0.291 e. The molecule has 0 aliphatic rings. The molecule has 2 aromatic carbocycles. The highest BCUT2D eigenvalue weighted by atomic mass is 16.5. The molecule has 6 nitrogen and oxygen atoms in total. The molecule has 6 heteroatoms. The van der Waals surface area contributed by atoms with E-state index in [2.05, 4.69) is 17.6 Å². The number of ether oxygens (including phenoxy) is 1. The predicted octanol–water partition coefficient (Wildman–Crippen LogP) is 4.97. The van der Waals surface area contributed by atoms with Gasteiger partial charge in [0.05, 0.1) is 12.9 Å². The fourth-order valence-corrected chi connectivity index (χ4v) is 2.49. The van der Waals surface area contributed by atoms with E-state index in [4.69, 9.17) is 9.15 Å². The fourth-order valence-electron chi connectivity index (χ4n) is 2.49. The lowest BCUT2D eigenvalue weighted by Gasteiger charge is -2.06. The van der Waals surface area contributed by atoms with E-state index in [0.29, 0.717) is 18.0 Å². The fraction of sp³-hybridized carbons (Fsp3) is 0.130. The number of carbonyl (C=O) groups excluding carboxylic acids is 2. The van der Waals surface area contributed by atoms with Crippen molar-refractivity contribution < 1.29 is 18.7 Å². The minimum absolute atomic E-state index is 0.234. The Morgan fingerprint density at radius 1 is 0.966 bits per heavy atom. The third kappa shape index (κ3) is 6.10. The summed E-state index contributed by atoms with van der Waals surface area (Å²) in [6, 6.07) is 17.6. The summed E-state index contributed by atoms with van der Waals surface area (Å²) in [7, 11) is 0. The molecule has 0 saturated heterocycles. The molecule has 0 aliphatic heterocycles. The van der Waals surface area contributed by atoms with Crippen LogP contribution in [-0.4, -0.2) is 18.4 Å². The molecule has 0 bridgehead atoms. The number of rotatable bonds is 8. The Hall–Kier alpha value is -3.80. The van der Waals surface area contributed by atoms with Crippen molar-refractivity contribution in [2.45, 2.75) is 13.3 Å². The van der Waals surface area contributed by atoms with E-state index in [1.54, 1.807) is 42.5 Å². The van der Waals surface area contributed by atoms with Gasteiger partial charge >= 0.3 is 0 Å². The number of carbonyl (C=O) groups is 2. The third-order valence-electron chi connectivity index (χ3n) is 3.94. The van der Waals surface area contributed by atoms with Crippen LogP contribution in [0, 0.1) is 0 Å². The van der Waals surface area contributed by atoms with E-state index in [1.165, 1.54) is 12.3 Å². The number of nitrogens with one attached hydrogen (secondary N) is 2. The van der Waals surface area contributed by atoms with Crippen LogP contribution in [0.1, 0.15) is 29.5 Å². The van der Waals surface area contributed by atoms with Gasteiger partial charge in [0.25, 0.3) is 5.91 Å². The second-order valence-electron chi connectivity index (χ2n) is 6.25. The van der Waals surface area contributed by atoms with Gasteiger partial charge in [-0.25, -0.2) is 0 Å². The van der Waals surface area contributed by atoms with Crippen molar-refractivity contribution in [3.63, 3.8) is 0 Å². The maximum atomic E-state index is 12.1. The van der Waals surface area contributed by atoms with Gasteiger partial charge in [-0.2, -0.15) is 0 Å². The molecule has 148 valence electrons. The van der Waals surface area contributed by atoms with Crippen molar-refractivity contribution in [3.05, 3.63) is 84.3 Å². The quantitative estimate of drug-likeness (QED) is 0.532. The Morgan fingerprint density at radius 2 is 1.66 bits per heavy atom. The number of hydrogen-bond acceptors (Lipinski definition) is 4. The zero-order chi connectivity index (χ0) is 20.5. The summed E-state index contributed by atoms with van der Waals surface area (Å²) < 4.78 is 10.6. The predicted molar refractivity (Wildman–Crippen MR) is 113 cm³/mol. The molecular formula is C23H22N2O4. The summed E-state index contributed by atoms with van der Waals surface area (Å²) in [6.07, 6.45) is 5.60. The smallest absolute Gasteiger partial charge is 0.291 e. The normalized spacial score (nSPS) is 10.7. The molecule has 3 aromatic rings. The first-order valence-corrected chi connectivity index (χ1v) is 9.31. The highest BCUT2D eigenvalue weighted by Gasteiger charge is 2.08. The van der Waals surface area contributed by atoms with Gasteiger partial charge in [-0.05, 0) is 66.6 Å². The van der Waals surface area contributed by atoms with Crippen molar-refractivity contribution in [3.8, 4) is 5.75 Å². The molecule has 0 fully saturated rings. The molecule has 1 heterocycles. The van der Waals surface area contributed by atoms with Crippen LogP contribution in [0.4, 0.5) is 11.4 Å². The monoisotopic (exact) mass is 390 g/mol. The second kappa shape index (κ2) is 9.94. The minimum atomic E-state index is -0.333. The Labute approximate surface area is 169 Å². The lowest BCUT2D eigenvalue weighted by Crippen LogP contribution is -2.11. The number of hydrogen-bond donors (Lipinski definition) is 2. The minimum Gasteiger partial charge on any atom is -0.494 e. The Kier molecular flexibility index (Phi) is 6.84. The molecule has 1 aromatic heterocycles. The van der Waals surface area contributed by atoms with Gasteiger partial charge in [-0.15, -0.1) is 0 Å². The van der Waals surface area contributed by atoms with Crippen LogP contribution in [-0.2, 0) is 4.79 Å². The van der Waals surface area contributed by atoms with Crippen LogP contribution >= 0.6 is 0 Å². The molecule has 0 spiro atoms. The average molecular weight is 390 g/mol. The molecular weight excluding hydrogens is 368 g/mol. The summed E-state index contributed by atoms with van der Waals surface area (Å²) >= 11 is 0. The molecule has 2 N–H and O–H groups in total. The third-order valence-corrected chi connectivity index (χ3v) is 3.94. The molecule has 0 atom stereocenters. The molecule has 0 aliphatic carbocycles. The van der Waals surface area contributed by atoms with Crippen molar-refractivity contribution >= 4 is 29.3 Å². The first-order valence-electron chi connectivity index (χ1n) is 9.31. The summed E-state index contributed by atoms with van der Waals surface area (Å²) in [5.41, 5.74) is 2.13. The molecule has 29 heavy (non-hydrogen) atoms. The zero-order valence-electron chi connectivity index (χ0n) is 16.1. The number of furan rings is 1. The van der Waals surface area contributed by atoms with Crippen molar-refractivity contribution in [2.75, 3.05) is 17.2 Å². The summed E-state index contributed by atoms with van der Waals surface area (Å²) in [4.78, 5) is 24.0. The molecule has 0 unspecified atom stereocenters. The second-order valence-corrected chi connectivity index (χ2v) is 6.25. The van der Waals surface area contributed by atoms with Gasteiger partial charge in [-0.1, -0.05) is 19.1 Å². The van der Waals surface area contributed by atoms with Crippen LogP contribution in [0.3, 0.4) is 0 Å². The van der Waals surface area contributed by atoms with Crippen LogP contribution in [0.5, 0.6) is 5.75 Å². The highest BCUT2D eigenvalue weighted by molar-refractivity contribution is 6.03. The van der Waals surface area contributed by atoms with Crippen LogP contribution in [0.25, 0.3) is 6.08 Å². The van der Waals surface area contributed by atoms with Crippen LogP contribution in [0.2, 0.25) is 0 Å². The number of anilines is 2. The molecule has 3 rings (SSSR count). The van der Waals surface area contributed by atoms with E-state index >= 15 is 0 Å². The average Bonchev–Trinajstić information content (AvgIpc) is 3.28.